The molecule has 43 heavy (non-hydrogen) atoms. The van der Waals surface area contributed by atoms with E-state index in [2.05, 4.69) is 54.7 Å². The van der Waals surface area contributed by atoms with E-state index < -0.39 is 0 Å². The van der Waals surface area contributed by atoms with Gasteiger partial charge in [0.1, 0.15) is 0 Å². The van der Waals surface area contributed by atoms with Gasteiger partial charge >= 0.3 is 0 Å². The molecule has 0 aliphatic carbocycles. The summed E-state index contributed by atoms with van der Waals surface area (Å²) in [4.78, 5) is 35.5. The molecule has 8 nitrogen and oxygen atoms in total. The molecule has 3 aromatic rings. The van der Waals surface area contributed by atoms with Crippen molar-refractivity contribution in [3.8, 4) is 0 Å². The van der Waals surface area contributed by atoms with Crippen molar-refractivity contribution in [2.75, 3.05) is 38.5 Å². The first-order valence-corrected chi connectivity index (χ1v) is 16.3. The number of hydrogen-bond acceptors (Lipinski definition) is 5. The highest BCUT2D eigenvalue weighted by molar-refractivity contribution is 5.98. The van der Waals surface area contributed by atoms with Crippen molar-refractivity contribution in [2.45, 2.75) is 85.7 Å². The van der Waals surface area contributed by atoms with Gasteiger partial charge in [-0.3, -0.25) is 9.59 Å². The lowest BCUT2D eigenvalue weighted by Crippen LogP contribution is -2.38. The van der Waals surface area contributed by atoms with Gasteiger partial charge in [0.15, 0.2) is 0 Å². The standard InChI is InChI=1S/C35H52N6O2/c1-25(2)17-22-40(23-18-26(3)4)34(43)29-13-16-31-32(24-29)41(21-9-20-39-19-8-7-10-27(39)5)35(38-31)37-30-14-11-28(12-15-30)33(42)36-6/h11-16,24-27H,7-10,17-23H2,1-6H3,(H,36,42)(H,37,38). The summed E-state index contributed by atoms with van der Waals surface area (Å²) in [7, 11) is 1.63. The second-order valence-electron chi connectivity index (χ2n) is 13.0. The van der Waals surface area contributed by atoms with Crippen molar-refractivity contribution in [3.63, 3.8) is 0 Å². The smallest absolute Gasteiger partial charge is 0.253 e. The molecule has 4 rings (SSSR count). The minimum absolute atomic E-state index is 0.0948. The predicted molar refractivity (Wildman–Crippen MR) is 177 cm³/mol. The lowest BCUT2D eigenvalue weighted by molar-refractivity contribution is 0.0740. The highest BCUT2D eigenvalue weighted by Crippen LogP contribution is 2.26. The predicted octanol–water partition coefficient (Wildman–Crippen LogP) is 6.94. The average molecular weight is 589 g/mol. The van der Waals surface area contributed by atoms with E-state index in [9.17, 15) is 9.59 Å². The number of aryl methyl sites for hydroxylation is 1. The van der Waals surface area contributed by atoms with Gasteiger partial charge in [-0.1, -0.05) is 34.1 Å². The number of imidazole rings is 1. The first-order valence-electron chi connectivity index (χ1n) is 16.3. The van der Waals surface area contributed by atoms with E-state index in [0.717, 1.165) is 74.7 Å². The van der Waals surface area contributed by atoms with E-state index in [1.165, 1.54) is 19.3 Å². The Bertz CT molecular complexity index is 1330. The van der Waals surface area contributed by atoms with Crippen LogP contribution in [-0.4, -0.2) is 70.4 Å². The fourth-order valence-corrected chi connectivity index (χ4v) is 5.80. The molecule has 2 aromatic carbocycles. The van der Waals surface area contributed by atoms with Gasteiger partial charge in [-0.15, -0.1) is 0 Å². The van der Waals surface area contributed by atoms with Crippen molar-refractivity contribution in [1.29, 1.82) is 0 Å². The van der Waals surface area contributed by atoms with Crippen molar-refractivity contribution in [3.05, 3.63) is 53.6 Å². The van der Waals surface area contributed by atoms with Crippen LogP contribution in [0.5, 0.6) is 0 Å². The van der Waals surface area contributed by atoms with E-state index >= 15 is 0 Å². The maximum absolute atomic E-state index is 13.8. The summed E-state index contributed by atoms with van der Waals surface area (Å²) < 4.78 is 2.22. The van der Waals surface area contributed by atoms with Crippen LogP contribution in [0.3, 0.4) is 0 Å². The van der Waals surface area contributed by atoms with Gasteiger partial charge in [-0.2, -0.15) is 0 Å². The molecular formula is C35H52N6O2. The molecule has 2 N–H and O–H groups in total. The second kappa shape index (κ2) is 15.4. The number of nitrogens with one attached hydrogen (secondary N) is 2. The number of rotatable bonds is 14. The highest BCUT2D eigenvalue weighted by atomic mass is 16.2. The number of carbonyl (C=O) groups excluding carboxylic acids is 2. The molecule has 1 fully saturated rings. The second-order valence-corrected chi connectivity index (χ2v) is 13.0. The fraction of sp³-hybridized carbons (Fsp3) is 0.571. The van der Waals surface area contributed by atoms with Gasteiger partial charge in [0.25, 0.3) is 11.8 Å². The number of nitrogens with zero attached hydrogens (tertiary/aromatic N) is 4. The van der Waals surface area contributed by atoms with Crippen LogP contribution in [0.15, 0.2) is 42.5 Å². The van der Waals surface area contributed by atoms with Crippen LogP contribution in [0.4, 0.5) is 11.6 Å². The van der Waals surface area contributed by atoms with E-state index in [0.29, 0.717) is 29.0 Å². The number of fused-ring (bicyclic) bond motifs is 1. The Balaban J connectivity index is 1.62. The summed E-state index contributed by atoms with van der Waals surface area (Å²) in [6.07, 6.45) is 6.83. The fourth-order valence-electron chi connectivity index (χ4n) is 5.80. The normalized spacial score (nSPS) is 15.8. The molecule has 2 heterocycles. The first-order chi connectivity index (χ1) is 20.7. The zero-order valence-corrected chi connectivity index (χ0v) is 27.2. The van der Waals surface area contributed by atoms with Crippen molar-refractivity contribution < 1.29 is 9.59 Å². The molecule has 0 spiro atoms. The molecule has 1 aromatic heterocycles. The molecule has 0 radical (unpaired) electrons. The molecule has 0 saturated carbocycles. The molecular weight excluding hydrogens is 536 g/mol. The molecule has 0 bridgehead atoms. The summed E-state index contributed by atoms with van der Waals surface area (Å²) in [5, 5.41) is 6.16. The van der Waals surface area contributed by atoms with Gasteiger partial charge in [0.05, 0.1) is 11.0 Å². The quantitative estimate of drug-likeness (QED) is 0.213. The number of carbonyl (C=O) groups is 2. The largest absolute Gasteiger partial charge is 0.355 e. The minimum Gasteiger partial charge on any atom is -0.355 e. The number of hydrogen-bond donors (Lipinski definition) is 2. The minimum atomic E-state index is -0.112. The molecule has 234 valence electrons. The number of benzene rings is 2. The van der Waals surface area contributed by atoms with Gasteiger partial charge in [-0.05, 0) is 99.9 Å². The molecule has 1 aliphatic heterocycles. The number of aromatic nitrogens is 2. The van der Waals surface area contributed by atoms with E-state index in [1.54, 1.807) is 7.05 Å². The molecule has 1 atom stereocenters. The Morgan fingerprint density at radius 2 is 1.63 bits per heavy atom. The maximum atomic E-state index is 13.8. The van der Waals surface area contributed by atoms with Crippen LogP contribution in [0.2, 0.25) is 0 Å². The van der Waals surface area contributed by atoms with Crippen LogP contribution in [0.25, 0.3) is 11.0 Å². The zero-order valence-electron chi connectivity index (χ0n) is 27.2. The van der Waals surface area contributed by atoms with Crippen LogP contribution >= 0.6 is 0 Å². The zero-order chi connectivity index (χ0) is 30.9. The van der Waals surface area contributed by atoms with Gasteiger partial charge < -0.3 is 25.0 Å². The Labute approximate surface area is 258 Å². The Hall–Kier alpha value is -3.39. The Kier molecular flexibility index (Phi) is 11.6. The highest BCUT2D eigenvalue weighted by Gasteiger charge is 2.21. The third kappa shape index (κ3) is 8.82. The molecule has 1 unspecified atom stereocenters. The molecule has 2 amide bonds. The lowest BCUT2D eigenvalue weighted by Gasteiger charge is -2.33. The summed E-state index contributed by atoms with van der Waals surface area (Å²) in [5.74, 6) is 1.81. The molecule has 8 heteroatoms. The van der Waals surface area contributed by atoms with Crippen LogP contribution in [0, 0.1) is 11.8 Å². The summed E-state index contributed by atoms with van der Waals surface area (Å²) in [6, 6.07) is 14.0. The van der Waals surface area contributed by atoms with E-state index in [4.69, 9.17) is 4.98 Å². The lowest BCUT2D eigenvalue weighted by atomic mass is 10.0. The van der Waals surface area contributed by atoms with Gasteiger partial charge in [-0.25, -0.2) is 4.98 Å². The van der Waals surface area contributed by atoms with Crippen LogP contribution in [0.1, 0.15) is 93.9 Å². The monoisotopic (exact) mass is 588 g/mol. The maximum Gasteiger partial charge on any atom is 0.253 e. The SMILES string of the molecule is CNC(=O)c1ccc(Nc2nc3ccc(C(=O)N(CCC(C)C)CCC(C)C)cc3n2CCCN2CCCCC2C)cc1. The molecule has 1 saturated heterocycles. The van der Waals surface area contributed by atoms with Gasteiger partial charge in [0, 0.05) is 56.1 Å². The average Bonchev–Trinajstić information content (AvgIpc) is 3.33. The van der Waals surface area contributed by atoms with Crippen LogP contribution in [-0.2, 0) is 6.54 Å². The molecule has 1 aliphatic rings. The number of anilines is 2. The summed E-state index contributed by atoms with van der Waals surface area (Å²) in [5.41, 5.74) is 4.02. The summed E-state index contributed by atoms with van der Waals surface area (Å²) in [6.45, 7) is 15.7. The van der Waals surface area contributed by atoms with E-state index in [1.807, 2.05) is 47.4 Å². The third-order valence-electron chi connectivity index (χ3n) is 8.63. The summed E-state index contributed by atoms with van der Waals surface area (Å²) >= 11 is 0. The van der Waals surface area contributed by atoms with Crippen molar-refractivity contribution in [1.82, 2.24) is 24.7 Å². The number of piperidine rings is 1. The first kappa shape index (κ1) is 32.5. The Morgan fingerprint density at radius 1 is 0.953 bits per heavy atom. The Morgan fingerprint density at radius 3 is 2.26 bits per heavy atom. The van der Waals surface area contributed by atoms with E-state index in [-0.39, 0.29) is 11.8 Å². The number of amides is 2. The van der Waals surface area contributed by atoms with Crippen molar-refractivity contribution in [2.24, 2.45) is 11.8 Å². The number of likely N-dealkylation sites (tertiary alicyclic amines) is 1. The van der Waals surface area contributed by atoms with Crippen molar-refractivity contribution >= 4 is 34.5 Å². The topological polar surface area (TPSA) is 82.5 Å². The van der Waals surface area contributed by atoms with Gasteiger partial charge in [0.2, 0.25) is 5.95 Å². The van der Waals surface area contributed by atoms with Crippen LogP contribution < -0.4 is 10.6 Å². The third-order valence-corrected chi connectivity index (χ3v) is 8.63.